The molecule has 3 heteroatoms. The monoisotopic (exact) mass is 214 g/mol. The van der Waals surface area contributed by atoms with Crippen LogP contribution in [0.5, 0.6) is 0 Å². The summed E-state index contributed by atoms with van der Waals surface area (Å²) < 4.78 is 0. The Hall–Kier alpha value is -0.830. The van der Waals surface area contributed by atoms with Crippen LogP contribution >= 0.6 is 0 Å². The number of rotatable bonds is 5. The summed E-state index contributed by atoms with van der Waals surface area (Å²) in [6, 6.07) is 0. The number of carbonyl (C=O) groups is 1. The molecule has 90 valence electrons. The average molecular weight is 214 g/mol. The van der Waals surface area contributed by atoms with Gasteiger partial charge in [0.1, 0.15) is 0 Å². The quantitative estimate of drug-likeness (QED) is 0.710. The highest BCUT2D eigenvalue weighted by atomic mass is 16.1. The van der Waals surface area contributed by atoms with Crippen LogP contribution in [-0.2, 0) is 4.79 Å². The second-order valence-electron chi connectivity index (χ2n) is 3.26. The summed E-state index contributed by atoms with van der Waals surface area (Å²) in [5, 5.41) is 2.61. The van der Waals surface area contributed by atoms with E-state index in [1.54, 1.807) is 6.92 Å². The van der Waals surface area contributed by atoms with Crippen LogP contribution in [0.4, 0.5) is 0 Å². The van der Waals surface area contributed by atoms with Gasteiger partial charge in [-0.05, 0) is 33.5 Å². The summed E-state index contributed by atoms with van der Waals surface area (Å²) in [5.41, 5.74) is 0.562. The van der Waals surface area contributed by atoms with E-state index in [1.807, 2.05) is 6.92 Å². The lowest BCUT2D eigenvalue weighted by Crippen LogP contribution is -2.22. The largest absolute Gasteiger partial charge is 0.353 e. The van der Waals surface area contributed by atoms with Gasteiger partial charge in [0, 0.05) is 12.1 Å². The molecule has 1 N–H and O–H groups in total. The van der Waals surface area contributed by atoms with Crippen LogP contribution in [0.3, 0.4) is 0 Å². The third kappa shape index (κ3) is 11.1. The summed E-state index contributed by atoms with van der Waals surface area (Å²) in [6.45, 7) is 17.8. The molecule has 0 aromatic carbocycles. The zero-order valence-corrected chi connectivity index (χ0v) is 10.9. The van der Waals surface area contributed by atoms with Crippen molar-refractivity contribution in [2.24, 2.45) is 0 Å². The number of nitrogens with one attached hydrogen (secondary N) is 1. The van der Waals surface area contributed by atoms with Crippen molar-refractivity contribution in [1.29, 1.82) is 0 Å². The first kappa shape index (κ1) is 16.6. The maximum absolute atomic E-state index is 10.5. The summed E-state index contributed by atoms with van der Waals surface area (Å²) in [5.74, 6) is -0.0625. The number of likely N-dealkylation sites (N-methyl/N-ethyl adjacent to an activating group) is 1. The van der Waals surface area contributed by atoms with E-state index in [1.165, 1.54) is 19.6 Å². The van der Waals surface area contributed by atoms with E-state index in [-0.39, 0.29) is 5.91 Å². The van der Waals surface area contributed by atoms with Gasteiger partial charge in [-0.1, -0.05) is 27.4 Å². The van der Waals surface area contributed by atoms with E-state index >= 15 is 0 Å². The normalized spacial score (nSPS) is 9.20. The third-order valence-electron chi connectivity index (χ3n) is 2.07. The van der Waals surface area contributed by atoms with Gasteiger partial charge in [-0.25, -0.2) is 0 Å². The van der Waals surface area contributed by atoms with E-state index in [2.05, 4.69) is 37.6 Å². The molecular formula is C12H26N2O. The summed E-state index contributed by atoms with van der Waals surface area (Å²) in [6.07, 6.45) is 0. The topological polar surface area (TPSA) is 32.3 Å². The molecule has 0 fully saturated rings. The van der Waals surface area contributed by atoms with E-state index < -0.39 is 0 Å². The Labute approximate surface area is 94.5 Å². The van der Waals surface area contributed by atoms with Crippen LogP contribution in [0.1, 0.15) is 34.6 Å². The van der Waals surface area contributed by atoms with Crippen molar-refractivity contribution in [2.75, 3.05) is 26.2 Å². The van der Waals surface area contributed by atoms with Crippen LogP contribution in [0, 0.1) is 0 Å². The number of amides is 1. The number of hydrogen-bond donors (Lipinski definition) is 1. The molecule has 0 radical (unpaired) electrons. The Morgan fingerprint density at radius 3 is 1.60 bits per heavy atom. The Morgan fingerprint density at radius 1 is 1.13 bits per heavy atom. The summed E-state index contributed by atoms with van der Waals surface area (Å²) in [7, 11) is 0. The van der Waals surface area contributed by atoms with Gasteiger partial charge in [0.2, 0.25) is 5.91 Å². The van der Waals surface area contributed by atoms with Gasteiger partial charge in [0.25, 0.3) is 0 Å². The van der Waals surface area contributed by atoms with E-state index in [0.717, 1.165) is 0 Å². The van der Waals surface area contributed by atoms with Crippen LogP contribution < -0.4 is 5.32 Å². The lowest BCUT2D eigenvalue weighted by molar-refractivity contribution is -0.117. The lowest BCUT2D eigenvalue weighted by Gasteiger charge is -2.13. The maximum Gasteiger partial charge on any atom is 0.246 e. The zero-order chi connectivity index (χ0) is 12.3. The predicted octanol–water partition coefficient (Wildman–Crippen LogP) is 2.05. The molecule has 0 spiro atoms. The van der Waals surface area contributed by atoms with Crippen molar-refractivity contribution in [3.8, 4) is 0 Å². The van der Waals surface area contributed by atoms with Gasteiger partial charge < -0.3 is 10.2 Å². The molecule has 0 aliphatic heterocycles. The van der Waals surface area contributed by atoms with Crippen LogP contribution in [0.2, 0.25) is 0 Å². The van der Waals surface area contributed by atoms with Crippen LogP contribution in [-0.4, -0.2) is 37.0 Å². The highest BCUT2D eigenvalue weighted by molar-refractivity contribution is 5.91. The molecule has 3 nitrogen and oxygen atoms in total. The minimum absolute atomic E-state index is 0.0625. The molecule has 0 atom stereocenters. The highest BCUT2D eigenvalue weighted by Gasteiger charge is 1.95. The van der Waals surface area contributed by atoms with Gasteiger partial charge in [0.15, 0.2) is 0 Å². The minimum atomic E-state index is -0.0625. The summed E-state index contributed by atoms with van der Waals surface area (Å²) in [4.78, 5) is 12.9. The molecule has 0 rings (SSSR count). The molecule has 0 saturated heterocycles. The molecular weight excluding hydrogens is 188 g/mol. The second kappa shape index (κ2) is 11.2. The van der Waals surface area contributed by atoms with Crippen molar-refractivity contribution in [1.82, 2.24) is 10.2 Å². The van der Waals surface area contributed by atoms with E-state index in [0.29, 0.717) is 12.1 Å². The van der Waals surface area contributed by atoms with Gasteiger partial charge in [-0.15, -0.1) is 0 Å². The molecule has 0 aromatic rings. The van der Waals surface area contributed by atoms with Crippen LogP contribution in [0.15, 0.2) is 12.2 Å². The molecule has 1 amide bonds. The smallest absolute Gasteiger partial charge is 0.246 e. The fraction of sp³-hybridized carbons (Fsp3) is 0.750. The fourth-order valence-electron chi connectivity index (χ4n) is 0.982. The summed E-state index contributed by atoms with van der Waals surface area (Å²) >= 11 is 0. The van der Waals surface area contributed by atoms with Crippen molar-refractivity contribution >= 4 is 5.91 Å². The van der Waals surface area contributed by atoms with Gasteiger partial charge in [0.05, 0.1) is 0 Å². The number of carbonyl (C=O) groups excluding carboxylic acids is 1. The first-order valence-corrected chi connectivity index (χ1v) is 5.69. The molecule has 0 heterocycles. The predicted molar refractivity (Wildman–Crippen MR) is 67.0 cm³/mol. The zero-order valence-electron chi connectivity index (χ0n) is 10.9. The third-order valence-corrected chi connectivity index (χ3v) is 2.07. The Balaban J connectivity index is 0. The Kier molecular flexibility index (Phi) is 12.4. The molecule has 0 aromatic heterocycles. The fourth-order valence-corrected chi connectivity index (χ4v) is 0.982. The number of hydrogen-bond acceptors (Lipinski definition) is 2. The molecule has 15 heavy (non-hydrogen) atoms. The standard InChI is InChI=1S/C6H11NO.C6H15N/c1-4-7-6(8)5(2)3;1-4-7(5-2)6-3/h2,4H2,1,3H3,(H,7,8);4-6H2,1-3H3. The van der Waals surface area contributed by atoms with Crippen molar-refractivity contribution in [3.05, 3.63) is 12.2 Å². The molecule has 0 bridgehead atoms. The number of nitrogens with zero attached hydrogens (tertiary/aromatic N) is 1. The highest BCUT2D eigenvalue weighted by Crippen LogP contribution is 1.83. The first-order valence-electron chi connectivity index (χ1n) is 5.69. The molecule has 0 saturated carbocycles. The SMILES string of the molecule is C=C(C)C(=O)NCC.CCN(CC)CC. The van der Waals surface area contributed by atoms with E-state index in [4.69, 9.17) is 0 Å². The van der Waals surface area contributed by atoms with E-state index in [9.17, 15) is 4.79 Å². The van der Waals surface area contributed by atoms with Crippen molar-refractivity contribution < 1.29 is 4.79 Å². The van der Waals surface area contributed by atoms with Crippen molar-refractivity contribution in [2.45, 2.75) is 34.6 Å². The van der Waals surface area contributed by atoms with Gasteiger partial charge >= 0.3 is 0 Å². The Bertz CT molecular complexity index is 169. The van der Waals surface area contributed by atoms with Crippen LogP contribution in [0.25, 0.3) is 0 Å². The van der Waals surface area contributed by atoms with Gasteiger partial charge in [-0.2, -0.15) is 0 Å². The first-order chi connectivity index (χ1) is 7.03. The molecule has 0 unspecified atom stereocenters. The molecule has 0 aliphatic carbocycles. The molecule has 0 aliphatic rings. The second-order valence-corrected chi connectivity index (χ2v) is 3.26. The Morgan fingerprint density at radius 2 is 1.53 bits per heavy atom. The van der Waals surface area contributed by atoms with Crippen molar-refractivity contribution in [3.63, 3.8) is 0 Å². The lowest BCUT2D eigenvalue weighted by atomic mass is 10.3. The maximum atomic E-state index is 10.5. The average Bonchev–Trinajstić information content (AvgIpc) is 2.21. The minimum Gasteiger partial charge on any atom is -0.353 e. The van der Waals surface area contributed by atoms with Gasteiger partial charge in [-0.3, -0.25) is 4.79 Å².